The smallest absolute Gasteiger partial charge is 0.353 e. The van der Waals surface area contributed by atoms with E-state index in [0.29, 0.717) is 11.4 Å². The number of hydrogen-bond acceptors (Lipinski definition) is 5. The number of aliphatic carboxylic acids is 1. The van der Waals surface area contributed by atoms with Gasteiger partial charge in [0.15, 0.2) is 0 Å². The van der Waals surface area contributed by atoms with Crippen molar-refractivity contribution in [3.63, 3.8) is 0 Å². The van der Waals surface area contributed by atoms with Gasteiger partial charge in [-0.25, -0.2) is 9.78 Å². The number of carboxylic acids is 1. The Bertz CT molecular complexity index is 865. The van der Waals surface area contributed by atoms with Gasteiger partial charge in [-0.1, -0.05) is 6.92 Å². The number of imidazole rings is 1. The number of carboxylic acid groups (broad SMARTS) is 1. The Kier molecular flexibility index (Phi) is 2.91. The Balaban J connectivity index is 1.90. The molecule has 0 saturated carbocycles. The van der Waals surface area contributed by atoms with Gasteiger partial charge in [0.2, 0.25) is 5.91 Å². The van der Waals surface area contributed by atoms with E-state index in [4.69, 9.17) is 0 Å². The number of amides is 1. The van der Waals surface area contributed by atoms with Crippen LogP contribution in [0.3, 0.4) is 0 Å². The van der Waals surface area contributed by atoms with Crippen molar-refractivity contribution < 1.29 is 19.8 Å². The summed E-state index contributed by atoms with van der Waals surface area (Å²) >= 11 is 1.51. The Hall–Kier alpha value is -2.19. The van der Waals surface area contributed by atoms with Gasteiger partial charge in [-0.2, -0.15) is 0 Å². The minimum Gasteiger partial charge on any atom is -0.477 e. The molecule has 4 atom stereocenters. The number of thiazole rings is 1. The van der Waals surface area contributed by atoms with E-state index in [1.54, 1.807) is 13.1 Å². The Labute approximate surface area is 135 Å². The number of aliphatic hydroxyl groups excluding tert-OH is 1. The summed E-state index contributed by atoms with van der Waals surface area (Å²) < 4.78 is 1.84. The third kappa shape index (κ3) is 1.70. The van der Waals surface area contributed by atoms with Crippen LogP contribution in [0.25, 0.3) is 10.4 Å². The second kappa shape index (κ2) is 4.65. The normalized spacial score (nSPS) is 28.2. The molecule has 4 rings (SSSR count). The van der Waals surface area contributed by atoms with Gasteiger partial charge in [-0.05, 0) is 6.92 Å². The van der Waals surface area contributed by atoms with E-state index in [1.165, 1.54) is 16.2 Å². The van der Waals surface area contributed by atoms with Gasteiger partial charge in [0, 0.05) is 23.1 Å². The monoisotopic (exact) mass is 333 g/mol. The molecular formula is C15H15N3O4S. The van der Waals surface area contributed by atoms with Gasteiger partial charge in [-0.15, -0.1) is 11.3 Å². The van der Waals surface area contributed by atoms with Crippen molar-refractivity contribution >= 4 is 33.6 Å². The molecule has 2 N–H and O–H groups in total. The molecule has 1 amide bonds. The molecule has 2 aliphatic heterocycles. The Morgan fingerprint density at radius 1 is 1.48 bits per heavy atom. The van der Waals surface area contributed by atoms with Crippen LogP contribution >= 0.6 is 11.3 Å². The van der Waals surface area contributed by atoms with Crippen LogP contribution in [0.4, 0.5) is 0 Å². The molecule has 2 aromatic heterocycles. The van der Waals surface area contributed by atoms with E-state index < -0.39 is 18.0 Å². The van der Waals surface area contributed by atoms with Gasteiger partial charge < -0.3 is 15.1 Å². The molecule has 1 unspecified atom stereocenters. The van der Waals surface area contributed by atoms with Crippen molar-refractivity contribution in [3.05, 3.63) is 29.3 Å². The first kappa shape index (κ1) is 14.4. The first-order valence-electron chi connectivity index (χ1n) is 7.33. The second-order valence-corrected chi connectivity index (χ2v) is 6.94. The molecule has 0 radical (unpaired) electrons. The number of aliphatic hydroxyl groups is 1. The summed E-state index contributed by atoms with van der Waals surface area (Å²) in [6.45, 7) is 3.45. The van der Waals surface area contributed by atoms with Crippen LogP contribution in [0.5, 0.6) is 0 Å². The summed E-state index contributed by atoms with van der Waals surface area (Å²) in [7, 11) is 0. The molecule has 0 bridgehead atoms. The molecule has 23 heavy (non-hydrogen) atoms. The maximum Gasteiger partial charge on any atom is 0.353 e. The minimum atomic E-state index is -1.14. The lowest BCUT2D eigenvalue weighted by Crippen LogP contribution is -2.63. The van der Waals surface area contributed by atoms with Crippen LogP contribution in [0, 0.1) is 11.8 Å². The molecule has 2 aromatic rings. The predicted molar refractivity (Wildman–Crippen MR) is 82.6 cm³/mol. The molecule has 4 heterocycles. The predicted octanol–water partition coefficient (Wildman–Crippen LogP) is 1.05. The van der Waals surface area contributed by atoms with Crippen molar-refractivity contribution in [1.29, 1.82) is 0 Å². The van der Waals surface area contributed by atoms with Crippen LogP contribution in [-0.4, -0.2) is 48.5 Å². The number of fused-ring (bicyclic) bond motifs is 2. The number of β-lactam (4-membered cyclic amide) rings is 1. The Morgan fingerprint density at radius 3 is 2.87 bits per heavy atom. The molecule has 0 aliphatic carbocycles. The third-order valence-corrected chi connectivity index (χ3v) is 5.58. The largest absolute Gasteiger partial charge is 0.477 e. The van der Waals surface area contributed by atoms with Gasteiger partial charge in [-0.3, -0.25) is 9.20 Å². The molecule has 0 spiro atoms. The average Bonchev–Trinajstić information content (AvgIpc) is 3.11. The summed E-state index contributed by atoms with van der Waals surface area (Å²) in [5.41, 5.74) is 0.542. The van der Waals surface area contributed by atoms with E-state index in [2.05, 4.69) is 4.98 Å². The van der Waals surface area contributed by atoms with E-state index in [-0.39, 0.29) is 23.6 Å². The average molecular weight is 333 g/mol. The number of carbonyl (C=O) groups excluding carboxylic acids is 1. The van der Waals surface area contributed by atoms with Crippen molar-refractivity contribution in [2.45, 2.75) is 26.0 Å². The highest BCUT2D eigenvalue weighted by atomic mass is 32.1. The third-order valence-electron chi connectivity index (χ3n) is 4.78. The SMILES string of the molecule is C[C@H]1C(c2ncc3sccn23)=C(C(=O)O)N2C(=O)[C@H]([C@@H](C)O)C12. The second-order valence-electron chi connectivity index (χ2n) is 6.01. The summed E-state index contributed by atoms with van der Waals surface area (Å²) in [6, 6.07) is -0.324. The number of nitrogens with zero attached hydrogens (tertiary/aromatic N) is 3. The van der Waals surface area contributed by atoms with E-state index in [0.717, 1.165) is 4.83 Å². The fraction of sp³-hybridized carbons (Fsp3) is 0.400. The van der Waals surface area contributed by atoms with E-state index in [1.807, 2.05) is 22.9 Å². The number of aromatic nitrogens is 2. The minimum absolute atomic E-state index is 0.0110. The maximum atomic E-state index is 12.3. The molecule has 1 fully saturated rings. The molecule has 7 nitrogen and oxygen atoms in total. The standard InChI is InChI=1S/C15H15N3O4S/c1-6-9(13-16-5-8-17(13)3-4-23-8)12(15(21)22)18-11(6)10(7(2)19)14(18)20/h3-7,10-11,19H,1-2H3,(H,21,22)/t6-,7+,10+,11?/m0/s1. The fourth-order valence-electron chi connectivity index (χ4n) is 3.80. The molecule has 2 aliphatic rings. The molecular weight excluding hydrogens is 318 g/mol. The zero-order valence-corrected chi connectivity index (χ0v) is 13.3. The van der Waals surface area contributed by atoms with Crippen LogP contribution in [0.1, 0.15) is 19.7 Å². The van der Waals surface area contributed by atoms with Gasteiger partial charge >= 0.3 is 5.97 Å². The van der Waals surface area contributed by atoms with Crippen molar-refractivity contribution in [3.8, 4) is 0 Å². The van der Waals surface area contributed by atoms with Crippen molar-refractivity contribution in [1.82, 2.24) is 14.3 Å². The number of rotatable bonds is 3. The van der Waals surface area contributed by atoms with Crippen molar-refractivity contribution in [2.75, 3.05) is 0 Å². The molecule has 0 aromatic carbocycles. The number of hydrogen-bond donors (Lipinski definition) is 2. The molecule has 1 saturated heterocycles. The Morgan fingerprint density at radius 2 is 2.22 bits per heavy atom. The lowest BCUT2D eigenvalue weighted by atomic mass is 9.77. The van der Waals surface area contributed by atoms with Crippen LogP contribution in [0.15, 0.2) is 23.5 Å². The highest BCUT2D eigenvalue weighted by Crippen LogP contribution is 2.50. The summed E-state index contributed by atoms with van der Waals surface area (Å²) in [4.78, 5) is 30.7. The van der Waals surface area contributed by atoms with Crippen LogP contribution in [-0.2, 0) is 9.59 Å². The van der Waals surface area contributed by atoms with Gasteiger partial charge in [0.1, 0.15) is 16.4 Å². The van der Waals surface area contributed by atoms with E-state index in [9.17, 15) is 19.8 Å². The van der Waals surface area contributed by atoms with Gasteiger partial charge in [0.05, 0.1) is 24.3 Å². The zero-order chi connectivity index (χ0) is 16.5. The highest BCUT2D eigenvalue weighted by Gasteiger charge is 2.60. The fourth-order valence-corrected chi connectivity index (χ4v) is 4.49. The maximum absolute atomic E-state index is 12.3. The zero-order valence-electron chi connectivity index (χ0n) is 12.5. The summed E-state index contributed by atoms with van der Waals surface area (Å²) in [5, 5.41) is 21.4. The summed E-state index contributed by atoms with van der Waals surface area (Å²) in [5.74, 6) is -1.68. The highest BCUT2D eigenvalue weighted by molar-refractivity contribution is 7.15. The van der Waals surface area contributed by atoms with Crippen LogP contribution < -0.4 is 0 Å². The van der Waals surface area contributed by atoms with Crippen molar-refractivity contribution in [2.24, 2.45) is 11.8 Å². The molecule has 8 heteroatoms. The first-order valence-corrected chi connectivity index (χ1v) is 8.21. The lowest BCUT2D eigenvalue weighted by molar-refractivity contribution is -0.163. The van der Waals surface area contributed by atoms with Crippen LogP contribution in [0.2, 0.25) is 0 Å². The summed E-state index contributed by atoms with van der Waals surface area (Å²) in [6.07, 6.45) is 2.73. The lowest BCUT2D eigenvalue weighted by Gasteiger charge is -2.46. The first-order chi connectivity index (χ1) is 10.9. The number of carbonyl (C=O) groups is 2. The van der Waals surface area contributed by atoms with Gasteiger partial charge in [0.25, 0.3) is 0 Å². The van der Waals surface area contributed by atoms with E-state index >= 15 is 0 Å². The topological polar surface area (TPSA) is 95.1 Å². The molecule has 120 valence electrons. The quantitative estimate of drug-likeness (QED) is 0.819.